The monoisotopic (exact) mass is 773 g/mol. The highest BCUT2D eigenvalue weighted by Crippen LogP contribution is 2.51. The van der Waals surface area contributed by atoms with Gasteiger partial charge in [0, 0.05) is 55.0 Å². The molecule has 0 unspecified atom stereocenters. The lowest BCUT2D eigenvalue weighted by Gasteiger charge is -2.42. The number of aromatic nitrogens is 1. The zero-order valence-corrected chi connectivity index (χ0v) is 34.0. The quantitative estimate of drug-likeness (QED) is 0.156. The summed E-state index contributed by atoms with van der Waals surface area (Å²) in [6.07, 6.45) is 0. The maximum atomic E-state index is 2.66. The summed E-state index contributed by atoms with van der Waals surface area (Å²) in [6.45, 7) is 7.24. The summed E-state index contributed by atoms with van der Waals surface area (Å²) in [5.41, 5.74) is 19.0. The number of fused-ring (bicyclic) bond motifs is 9. The highest BCUT2D eigenvalue weighted by Gasteiger charge is 2.45. The molecule has 2 aliphatic rings. The molecule has 0 aliphatic carbocycles. The molecular formula is C54H40BN3S. The van der Waals surface area contributed by atoms with Crippen LogP contribution in [0.3, 0.4) is 0 Å². The molecule has 0 spiro atoms. The second-order valence-corrected chi connectivity index (χ2v) is 17.6. The maximum absolute atomic E-state index is 2.66. The van der Waals surface area contributed by atoms with Gasteiger partial charge in [0.25, 0.3) is 0 Å². The summed E-state index contributed by atoms with van der Waals surface area (Å²) in [5.74, 6) is 0. The predicted octanol–water partition coefficient (Wildman–Crippen LogP) is 12.7. The van der Waals surface area contributed by atoms with Gasteiger partial charge < -0.3 is 14.4 Å². The lowest BCUT2D eigenvalue weighted by molar-refractivity contribution is 0.645. The fourth-order valence-corrected chi connectivity index (χ4v) is 11.6. The molecule has 0 saturated carbocycles. The normalized spacial score (nSPS) is 13.4. The molecule has 3 nitrogen and oxygen atoms in total. The van der Waals surface area contributed by atoms with E-state index < -0.39 is 0 Å². The van der Waals surface area contributed by atoms with E-state index in [-0.39, 0.29) is 12.1 Å². The molecule has 0 bridgehead atoms. The predicted molar refractivity (Wildman–Crippen MR) is 253 cm³/mol. The maximum Gasteiger partial charge on any atom is 0.247 e. The fraction of sp³-hybridized carbons (Fsp3) is 0.0741. The minimum absolute atomic E-state index is 0.128. The summed E-state index contributed by atoms with van der Waals surface area (Å²) >= 11 is 1.93. The lowest BCUT2D eigenvalue weighted by Crippen LogP contribution is -2.63. The molecule has 12 rings (SSSR count). The van der Waals surface area contributed by atoms with Gasteiger partial charge in [0.1, 0.15) is 0 Å². The molecule has 0 saturated heterocycles. The molecule has 0 amide bonds. The van der Waals surface area contributed by atoms with Gasteiger partial charge in [-0.15, -0.1) is 11.3 Å². The van der Waals surface area contributed by atoms with Crippen molar-refractivity contribution < 1.29 is 0 Å². The van der Waals surface area contributed by atoms with E-state index in [0.717, 1.165) is 28.4 Å². The Morgan fingerprint density at radius 1 is 0.508 bits per heavy atom. The van der Waals surface area contributed by atoms with Crippen molar-refractivity contribution in [2.75, 3.05) is 9.80 Å². The minimum atomic E-state index is -0.145. The van der Waals surface area contributed by atoms with E-state index >= 15 is 0 Å². The number of nitrogens with zero attached hydrogens (tertiary/aromatic N) is 3. The fourth-order valence-electron chi connectivity index (χ4n) is 10.3. The largest absolute Gasteiger partial charge is 0.310 e. The van der Waals surface area contributed by atoms with E-state index in [1.54, 1.807) is 0 Å². The molecule has 59 heavy (non-hydrogen) atoms. The molecule has 2 aromatic heterocycles. The van der Waals surface area contributed by atoms with E-state index in [4.69, 9.17) is 0 Å². The van der Waals surface area contributed by atoms with Gasteiger partial charge in [-0.25, -0.2) is 0 Å². The average molecular weight is 774 g/mol. The first-order valence-electron chi connectivity index (χ1n) is 20.6. The van der Waals surface area contributed by atoms with Gasteiger partial charge in [-0.1, -0.05) is 129 Å². The van der Waals surface area contributed by atoms with Crippen molar-refractivity contribution in [1.82, 2.24) is 4.57 Å². The third-order valence-electron chi connectivity index (χ3n) is 12.8. The second kappa shape index (κ2) is 12.8. The molecule has 5 heteroatoms. The Morgan fingerprint density at radius 2 is 1.08 bits per heavy atom. The summed E-state index contributed by atoms with van der Waals surface area (Å²) < 4.78 is 5.24. The van der Waals surface area contributed by atoms with Crippen molar-refractivity contribution in [3.05, 3.63) is 205 Å². The lowest BCUT2D eigenvalue weighted by atomic mass is 9.30. The van der Waals surface area contributed by atoms with E-state index in [1.165, 1.54) is 75.7 Å². The first-order valence-corrected chi connectivity index (χ1v) is 21.4. The van der Waals surface area contributed by atoms with Crippen molar-refractivity contribution in [3.63, 3.8) is 0 Å². The molecule has 0 fully saturated rings. The van der Waals surface area contributed by atoms with Crippen LogP contribution in [-0.4, -0.2) is 11.3 Å². The molecule has 2 aliphatic heterocycles. The number of hydrogen-bond acceptors (Lipinski definition) is 3. The van der Waals surface area contributed by atoms with E-state index in [1.807, 2.05) is 11.3 Å². The molecule has 0 N–H and O–H groups in total. The second-order valence-electron chi connectivity index (χ2n) is 16.6. The average Bonchev–Trinajstić information content (AvgIpc) is 3.81. The van der Waals surface area contributed by atoms with Crippen LogP contribution in [-0.2, 0) is 5.41 Å². The van der Waals surface area contributed by atoms with Gasteiger partial charge in [-0.2, -0.15) is 0 Å². The molecular weight excluding hydrogens is 733 g/mol. The molecule has 280 valence electrons. The van der Waals surface area contributed by atoms with E-state index in [2.05, 4.69) is 223 Å². The Balaban J connectivity index is 1.22. The number of anilines is 6. The Kier molecular flexibility index (Phi) is 7.45. The Labute approximate surface area is 349 Å². The van der Waals surface area contributed by atoms with Gasteiger partial charge in [-0.3, -0.25) is 0 Å². The molecule has 4 heterocycles. The van der Waals surface area contributed by atoms with Crippen molar-refractivity contribution in [2.24, 2.45) is 0 Å². The highest BCUT2D eigenvalue weighted by molar-refractivity contribution is 7.27. The van der Waals surface area contributed by atoms with Crippen molar-refractivity contribution in [3.8, 4) is 5.69 Å². The number of benzene rings is 8. The van der Waals surface area contributed by atoms with Gasteiger partial charge in [-0.05, 0) is 113 Å². The highest BCUT2D eigenvalue weighted by atomic mass is 32.1. The van der Waals surface area contributed by atoms with Crippen molar-refractivity contribution in [1.29, 1.82) is 0 Å². The summed E-state index contributed by atoms with van der Waals surface area (Å²) in [7, 11) is 0. The zero-order valence-electron chi connectivity index (χ0n) is 33.2. The summed E-state index contributed by atoms with van der Waals surface area (Å²) in [5, 5.41) is 2.57. The van der Waals surface area contributed by atoms with E-state index in [0.29, 0.717) is 0 Å². The van der Waals surface area contributed by atoms with Crippen LogP contribution in [0.2, 0.25) is 0 Å². The van der Waals surface area contributed by atoms with Crippen LogP contribution < -0.4 is 26.2 Å². The first-order chi connectivity index (χ1) is 29.0. The number of hydrogen-bond donors (Lipinski definition) is 0. The third-order valence-corrected chi connectivity index (χ3v) is 14.0. The number of rotatable bonds is 6. The van der Waals surface area contributed by atoms with Gasteiger partial charge in [0.2, 0.25) is 6.71 Å². The van der Waals surface area contributed by atoms with Crippen molar-refractivity contribution in [2.45, 2.75) is 26.2 Å². The van der Waals surface area contributed by atoms with Crippen LogP contribution in [0.25, 0.3) is 36.9 Å². The zero-order chi connectivity index (χ0) is 39.4. The van der Waals surface area contributed by atoms with E-state index in [9.17, 15) is 0 Å². The first kappa shape index (κ1) is 34.2. The topological polar surface area (TPSA) is 11.4 Å². The molecule has 8 aromatic carbocycles. The van der Waals surface area contributed by atoms with Crippen LogP contribution >= 0.6 is 11.3 Å². The third kappa shape index (κ3) is 4.95. The molecule has 10 aromatic rings. The van der Waals surface area contributed by atoms with Crippen LogP contribution in [0.4, 0.5) is 34.1 Å². The number of para-hydroxylation sites is 4. The number of aryl methyl sites for hydroxylation is 1. The van der Waals surface area contributed by atoms with Crippen LogP contribution in [0.1, 0.15) is 30.5 Å². The van der Waals surface area contributed by atoms with Gasteiger partial charge in [0.15, 0.2) is 0 Å². The van der Waals surface area contributed by atoms with Crippen LogP contribution in [0.15, 0.2) is 188 Å². The van der Waals surface area contributed by atoms with Crippen LogP contribution in [0, 0.1) is 6.92 Å². The van der Waals surface area contributed by atoms with Gasteiger partial charge in [0.05, 0.1) is 21.4 Å². The SMILES string of the molecule is Cc1cc2c3c(c1)C(C)(C)c1ccccc1B3c1ccc(N(c3ccccc3)c3ccccc3)c3c4sc5cc(N(c6ccccc6)c6ccccc6)ccc5c4n-2c13. The van der Waals surface area contributed by atoms with Crippen LogP contribution in [0.5, 0.6) is 0 Å². The Morgan fingerprint density at radius 3 is 1.71 bits per heavy atom. The minimum Gasteiger partial charge on any atom is -0.310 e. The molecule has 0 atom stereocenters. The Hall–Kier alpha value is -6.82. The van der Waals surface area contributed by atoms with Crippen molar-refractivity contribution >= 4 is 99.8 Å². The molecule has 0 radical (unpaired) electrons. The van der Waals surface area contributed by atoms with Gasteiger partial charge >= 0.3 is 0 Å². The summed E-state index contributed by atoms with van der Waals surface area (Å²) in [6, 6.07) is 69.3. The standard InChI is InChI=1S/C54H40BN3S/c1-35-32-43-50-47(33-35)58-51-41-29-28-40(56(36-18-8-4-9-19-36)37-20-10-5-11-21-37)34-48(41)59-53(51)49-46(57(38-22-12-6-13-23-38)39-24-14-7-15-25-39)31-30-45(52(49)58)55(50)44-27-17-16-26-42(44)54(43,2)3/h4-34H,1-3H3. The Bertz CT molecular complexity index is 3180. The smallest absolute Gasteiger partial charge is 0.247 e. The summed E-state index contributed by atoms with van der Waals surface area (Å²) in [4.78, 5) is 4.83. The number of thiophene rings is 1.